The van der Waals surface area contributed by atoms with E-state index in [4.69, 9.17) is 28.5 Å². The highest BCUT2D eigenvalue weighted by atomic mass is 35.5. The summed E-state index contributed by atoms with van der Waals surface area (Å²) in [7, 11) is 0. The summed E-state index contributed by atoms with van der Waals surface area (Å²) in [6.45, 7) is 0. The largest absolute Gasteiger partial charge is 0.256 e. The number of nitriles is 1. The summed E-state index contributed by atoms with van der Waals surface area (Å²) in [4.78, 5) is 4.24. The highest BCUT2D eigenvalue weighted by Gasteiger charge is 2.06. The molecular weight excluding hydrogens is 255 g/mol. The molecule has 1 aromatic heterocycles. The van der Waals surface area contributed by atoms with Crippen molar-refractivity contribution in [2.45, 2.75) is 6.42 Å². The standard InChI is InChI=1S/C13H8Cl2N2/c14-10-1-2-12(15)11(8-10)13-7-9(3-5-16)4-6-17-13/h1-2,4,6-8H,3H2. The zero-order valence-electron chi connectivity index (χ0n) is 8.82. The van der Waals surface area contributed by atoms with Gasteiger partial charge in [0.2, 0.25) is 0 Å². The van der Waals surface area contributed by atoms with E-state index in [2.05, 4.69) is 11.1 Å². The number of pyridine rings is 1. The van der Waals surface area contributed by atoms with Crippen LogP contribution in [-0.4, -0.2) is 4.98 Å². The summed E-state index contributed by atoms with van der Waals surface area (Å²) in [6, 6.07) is 11.0. The molecule has 0 atom stereocenters. The Bertz CT molecular complexity index is 588. The van der Waals surface area contributed by atoms with Crippen LogP contribution in [0.2, 0.25) is 10.0 Å². The van der Waals surface area contributed by atoms with E-state index < -0.39 is 0 Å². The molecule has 0 spiro atoms. The van der Waals surface area contributed by atoms with E-state index in [1.165, 1.54) is 0 Å². The van der Waals surface area contributed by atoms with E-state index in [1.54, 1.807) is 24.4 Å². The fourth-order valence-electron chi connectivity index (χ4n) is 1.52. The Morgan fingerprint density at radius 1 is 1.18 bits per heavy atom. The monoisotopic (exact) mass is 262 g/mol. The minimum absolute atomic E-state index is 0.355. The Balaban J connectivity index is 2.49. The van der Waals surface area contributed by atoms with Gasteiger partial charge in [0.15, 0.2) is 0 Å². The predicted molar refractivity (Wildman–Crippen MR) is 69.0 cm³/mol. The number of rotatable bonds is 2. The number of aromatic nitrogens is 1. The predicted octanol–water partition coefficient (Wildman–Crippen LogP) is 4.12. The third-order valence-electron chi connectivity index (χ3n) is 2.31. The average Bonchev–Trinajstić information content (AvgIpc) is 2.33. The van der Waals surface area contributed by atoms with Crippen LogP contribution in [0.4, 0.5) is 0 Å². The minimum atomic E-state index is 0.355. The normalized spacial score (nSPS) is 9.94. The van der Waals surface area contributed by atoms with Crippen LogP contribution in [0.1, 0.15) is 5.56 Å². The van der Waals surface area contributed by atoms with Crippen molar-refractivity contribution in [2.24, 2.45) is 0 Å². The Morgan fingerprint density at radius 3 is 2.76 bits per heavy atom. The first-order valence-corrected chi connectivity index (χ1v) is 5.73. The van der Waals surface area contributed by atoms with Crippen LogP contribution in [0.5, 0.6) is 0 Å². The third-order valence-corrected chi connectivity index (χ3v) is 2.88. The second kappa shape index (κ2) is 5.18. The van der Waals surface area contributed by atoms with Crippen molar-refractivity contribution < 1.29 is 0 Å². The van der Waals surface area contributed by atoms with Crippen LogP contribution in [-0.2, 0) is 6.42 Å². The van der Waals surface area contributed by atoms with E-state index in [1.807, 2.05) is 12.1 Å². The number of hydrogen-bond acceptors (Lipinski definition) is 2. The molecule has 0 bridgehead atoms. The first kappa shape index (κ1) is 11.9. The van der Waals surface area contributed by atoms with Crippen molar-refractivity contribution in [2.75, 3.05) is 0 Å². The molecule has 1 heterocycles. The zero-order valence-corrected chi connectivity index (χ0v) is 10.3. The molecule has 0 aliphatic rings. The molecular formula is C13H8Cl2N2. The summed E-state index contributed by atoms with van der Waals surface area (Å²) in [6.07, 6.45) is 2.02. The fourth-order valence-corrected chi connectivity index (χ4v) is 1.90. The molecule has 1 aromatic carbocycles. The van der Waals surface area contributed by atoms with Crippen molar-refractivity contribution >= 4 is 23.2 Å². The lowest BCUT2D eigenvalue weighted by Crippen LogP contribution is -1.88. The molecule has 0 radical (unpaired) electrons. The zero-order chi connectivity index (χ0) is 12.3. The average molecular weight is 263 g/mol. The smallest absolute Gasteiger partial charge is 0.0720 e. The molecule has 0 aliphatic carbocycles. The van der Waals surface area contributed by atoms with E-state index in [0.29, 0.717) is 16.5 Å². The molecule has 2 rings (SSSR count). The molecule has 17 heavy (non-hydrogen) atoms. The molecule has 0 unspecified atom stereocenters. The SMILES string of the molecule is N#CCc1ccnc(-c2cc(Cl)ccc2Cl)c1. The van der Waals surface area contributed by atoms with Crippen LogP contribution in [0.25, 0.3) is 11.3 Å². The van der Waals surface area contributed by atoms with Crippen molar-refractivity contribution in [1.29, 1.82) is 5.26 Å². The summed E-state index contributed by atoms with van der Waals surface area (Å²) in [5, 5.41) is 9.86. The van der Waals surface area contributed by atoms with E-state index in [-0.39, 0.29) is 0 Å². The second-order valence-electron chi connectivity index (χ2n) is 3.51. The highest BCUT2D eigenvalue weighted by Crippen LogP contribution is 2.29. The maximum Gasteiger partial charge on any atom is 0.0720 e. The highest BCUT2D eigenvalue weighted by molar-refractivity contribution is 6.35. The van der Waals surface area contributed by atoms with Crippen LogP contribution in [0.3, 0.4) is 0 Å². The van der Waals surface area contributed by atoms with Crippen LogP contribution in [0.15, 0.2) is 36.5 Å². The van der Waals surface area contributed by atoms with Crippen molar-refractivity contribution in [1.82, 2.24) is 4.98 Å². The molecule has 0 saturated heterocycles. The second-order valence-corrected chi connectivity index (χ2v) is 4.35. The number of halogens is 2. The summed E-state index contributed by atoms with van der Waals surface area (Å²) < 4.78 is 0. The molecule has 84 valence electrons. The van der Waals surface area contributed by atoms with Crippen LogP contribution < -0.4 is 0 Å². The van der Waals surface area contributed by atoms with Gasteiger partial charge in [0, 0.05) is 16.8 Å². The van der Waals surface area contributed by atoms with Gasteiger partial charge in [-0.05, 0) is 35.9 Å². The summed E-state index contributed by atoms with van der Waals surface area (Å²) in [5.41, 5.74) is 2.41. The molecule has 0 aliphatic heterocycles. The van der Waals surface area contributed by atoms with E-state index in [0.717, 1.165) is 16.8 Å². The Kier molecular flexibility index (Phi) is 3.63. The van der Waals surface area contributed by atoms with Gasteiger partial charge in [-0.1, -0.05) is 23.2 Å². The van der Waals surface area contributed by atoms with Gasteiger partial charge in [-0.25, -0.2) is 0 Å². The molecule has 0 amide bonds. The maximum atomic E-state index is 8.66. The number of hydrogen-bond donors (Lipinski definition) is 0. The molecule has 2 aromatic rings. The first-order chi connectivity index (χ1) is 8.20. The molecule has 0 saturated carbocycles. The van der Waals surface area contributed by atoms with Crippen LogP contribution in [0, 0.1) is 11.3 Å². The van der Waals surface area contributed by atoms with Gasteiger partial charge >= 0.3 is 0 Å². The fraction of sp³-hybridized carbons (Fsp3) is 0.0769. The molecule has 0 fully saturated rings. The van der Waals surface area contributed by atoms with Crippen molar-refractivity contribution in [3.8, 4) is 17.3 Å². The van der Waals surface area contributed by atoms with Gasteiger partial charge in [0.1, 0.15) is 0 Å². The summed E-state index contributed by atoms with van der Waals surface area (Å²) >= 11 is 12.0. The van der Waals surface area contributed by atoms with Gasteiger partial charge in [-0.15, -0.1) is 0 Å². The molecule has 0 N–H and O–H groups in total. The Morgan fingerprint density at radius 2 is 2.00 bits per heavy atom. The van der Waals surface area contributed by atoms with Gasteiger partial charge in [0.05, 0.1) is 23.2 Å². The Hall–Kier alpha value is -1.56. The Labute approximate surface area is 109 Å². The van der Waals surface area contributed by atoms with E-state index >= 15 is 0 Å². The van der Waals surface area contributed by atoms with Crippen molar-refractivity contribution in [3.05, 3.63) is 52.1 Å². The lowest BCUT2D eigenvalue weighted by molar-refractivity contribution is 1.21. The lowest BCUT2D eigenvalue weighted by Gasteiger charge is -2.05. The molecule has 4 heteroatoms. The third kappa shape index (κ3) is 2.76. The number of benzene rings is 1. The van der Waals surface area contributed by atoms with Crippen LogP contribution >= 0.6 is 23.2 Å². The van der Waals surface area contributed by atoms with Gasteiger partial charge in [-0.2, -0.15) is 5.26 Å². The lowest BCUT2D eigenvalue weighted by atomic mass is 10.1. The summed E-state index contributed by atoms with van der Waals surface area (Å²) in [5.74, 6) is 0. The van der Waals surface area contributed by atoms with Gasteiger partial charge in [-0.3, -0.25) is 4.98 Å². The minimum Gasteiger partial charge on any atom is -0.256 e. The quantitative estimate of drug-likeness (QED) is 0.817. The van der Waals surface area contributed by atoms with Crippen molar-refractivity contribution in [3.63, 3.8) is 0 Å². The first-order valence-electron chi connectivity index (χ1n) is 4.98. The van der Waals surface area contributed by atoms with Gasteiger partial charge < -0.3 is 0 Å². The molecule has 2 nitrogen and oxygen atoms in total. The topological polar surface area (TPSA) is 36.7 Å². The van der Waals surface area contributed by atoms with Gasteiger partial charge in [0.25, 0.3) is 0 Å². The maximum absolute atomic E-state index is 8.66. The number of nitrogens with zero attached hydrogens (tertiary/aromatic N) is 2. The van der Waals surface area contributed by atoms with E-state index in [9.17, 15) is 0 Å².